The number of thioether (sulfide) groups is 1. The fraction of sp³-hybridized carbons (Fsp3) is 0.417. The van der Waals surface area contributed by atoms with Crippen LogP contribution in [0.25, 0.3) is 10.4 Å². The highest BCUT2D eigenvalue weighted by molar-refractivity contribution is 8.00. The van der Waals surface area contributed by atoms with Crippen LogP contribution in [0, 0.1) is 23.3 Å². The molecule has 0 bridgehead atoms. The molecule has 2 N–H and O–H groups in total. The van der Waals surface area contributed by atoms with Crippen LogP contribution in [-0.4, -0.2) is 53.2 Å². The molecule has 1 aromatic heterocycles. The number of pyridine rings is 1. The van der Waals surface area contributed by atoms with E-state index in [0.717, 1.165) is 19.3 Å². The Morgan fingerprint density at radius 1 is 1.18 bits per heavy atom. The Kier molecular flexibility index (Phi) is 11.5. The predicted octanol–water partition coefficient (Wildman–Crippen LogP) is 4.19. The molecule has 3 rings (SSSR count). The molecule has 16 heteroatoms. The van der Waals surface area contributed by atoms with Gasteiger partial charge in [-0.25, -0.2) is 22.4 Å². The van der Waals surface area contributed by atoms with Crippen molar-refractivity contribution in [3.05, 3.63) is 69.4 Å². The number of carbonyl (C=O) groups excluding carboxylic acids is 3. The van der Waals surface area contributed by atoms with Crippen LogP contribution in [0.5, 0.6) is 0 Å². The van der Waals surface area contributed by atoms with Gasteiger partial charge in [-0.3, -0.25) is 14.6 Å². The van der Waals surface area contributed by atoms with Crippen molar-refractivity contribution < 1.29 is 41.4 Å². The minimum absolute atomic E-state index is 0.0169. The van der Waals surface area contributed by atoms with Crippen molar-refractivity contribution in [3.8, 4) is 0 Å². The van der Waals surface area contributed by atoms with Gasteiger partial charge in [0.1, 0.15) is 22.7 Å². The number of azide groups is 1. The first-order chi connectivity index (χ1) is 19.2. The molecule has 0 aliphatic carbocycles. The van der Waals surface area contributed by atoms with Crippen LogP contribution in [0.3, 0.4) is 0 Å². The van der Waals surface area contributed by atoms with Gasteiger partial charge in [0.15, 0.2) is 23.3 Å². The molecule has 1 fully saturated rings. The molecule has 1 aromatic carbocycles. The minimum Gasteiger partial charge on any atom is -0.462 e. The van der Waals surface area contributed by atoms with E-state index < -0.39 is 65.0 Å². The van der Waals surface area contributed by atoms with E-state index in [1.807, 2.05) is 0 Å². The smallest absolute Gasteiger partial charge is 0.344 e. The van der Waals surface area contributed by atoms with E-state index in [1.54, 1.807) is 18.2 Å². The van der Waals surface area contributed by atoms with Crippen molar-refractivity contribution in [1.29, 1.82) is 0 Å². The van der Waals surface area contributed by atoms with Crippen LogP contribution >= 0.6 is 11.8 Å². The number of nitrogens with zero attached hydrogens (tertiary/aromatic N) is 4. The molecule has 2 unspecified atom stereocenters. The van der Waals surface area contributed by atoms with Gasteiger partial charge in [0.05, 0.1) is 24.6 Å². The van der Waals surface area contributed by atoms with Gasteiger partial charge in [0.2, 0.25) is 11.8 Å². The molecule has 40 heavy (non-hydrogen) atoms. The Bertz CT molecular complexity index is 1250. The largest absolute Gasteiger partial charge is 0.462 e. The standard InChI is InChI=1S/C24H24F4N6O5S/c25-18-17(19(26)21(28)22(20(18)27)33-34-29)24(37)39-10-7-14(23(36)31-11-13-5-1-3-8-30-13)32-15(35)12-40-16-6-2-4-9-38-16/h1,3,5,8,14,16H,2,4,6-7,9-12H2,(H,31,36)(H,32,35). The molecule has 0 spiro atoms. The molecule has 2 amide bonds. The zero-order valence-corrected chi connectivity index (χ0v) is 21.7. The molecule has 2 heterocycles. The zero-order valence-electron chi connectivity index (χ0n) is 20.9. The number of aromatic nitrogens is 1. The molecular weight excluding hydrogens is 560 g/mol. The number of nitrogens with one attached hydrogen (secondary N) is 2. The fourth-order valence-electron chi connectivity index (χ4n) is 3.59. The van der Waals surface area contributed by atoms with Crippen LogP contribution < -0.4 is 10.6 Å². The Morgan fingerprint density at radius 3 is 2.55 bits per heavy atom. The summed E-state index contributed by atoms with van der Waals surface area (Å²) < 4.78 is 66.9. The number of benzene rings is 1. The van der Waals surface area contributed by atoms with Gasteiger partial charge in [-0.1, -0.05) is 11.2 Å². The van der Waals surface area contributed by atoms with E-state index in [4.69, 9.17) is 15.0 Å². The van der Waals surface area contributed by atoms with Crippen LogP contribution in [0.15, 0.2) is 29.5 Å². The number of hydrogen-bond donors (Lipinski definition) is 2. The third-order valence-electron chi connectivity index (χ3n) is 5.59. The summed E-state index contributed by atoms with van der Waals surface area (Å²) in [6.07, 6.45) is 3.85. The SMILES string of the molecule is [N-]=[N+]=Nc1c(F)c(F)c(C(=O)OCCC(NC(=O)CSC2CCCCO2)C(=O)NCc2ccccn2)c(F)c1F. The lowest BCUT2D eigenvalue weighted by Gasteiger charge is -2.22. The van der Waals surface area contributed by atoms with Crippen molar-refractivity contribution in [3.63, 3.8) is 0 Å². The summed E-state index contributed by atoms with van der Waals surface area (Å²) in [6.45, 7) is -0.0602. The maximum absolute atomic E-state index is 14.3. The van der Waals surface area contributed by atoms with E-state index in [2.05, 4.69) is 25.6 Å². The van der Waals surface area contributed by atoms with Crippen LogP contribution in [0.1, 0.15) is 41.7 Å². The van der Waals surface area contributed by atoms with Crippen molar-refractivity contribution >= 4 is 35.2 Å². The van der Waals surface area contributed by atoms with E-state index in [9.17, 15) is 31.9 Å². The Balaban J connectivity index is 1.65. The van der Waals surface area contributed by atoms with Gasteiger partial charge in [-0.15, -0.1) is 11.8 Å². The third-order valence-corrected chi connectivity index (χ3v) is 6.76. The lowest BCUT2D eigenvalue weighted by molar-refractivity contribution is -0.128. The summed E-state index contributed by atoms with van der Waals surface area (Å²) in [6, 6.07) is 3.81. The first-order valence-corrected chi connectivity index (χ1v) is 13.1. The summed E-state index contributed by atoms with van der Waals surface area (Å²) >= 11 is 1.26. The monoisotopic (exact) mass is 584 g/mol. The van der Waals surface area contributed by atoms with Crippen LogP contribution in [-0.2, 0) is 25.6 Å². The van der Waals surface area contributed by atoms with E-state index in [0.29, 0.717) is 12.3 Å². The van der Waals surface area contributed by atoms with Gasteiger partial charge in [-0.05, 0) is 36.9 Å². The molecule has 11 nitrogen and oxygen atoms in total. The van der Waals surface area contributed by atoms with E-state index in [1.165, 1.54) is 18.0 Å². The van der Waals surface area contributed by atoms with Crippen LogP contribution in [0.2, 0.25) is 0 Å². The quantitative estimate of drug-likeness (QED) is 0.0947. The number of carbonyl (C=O) groups is 3. The van der Waals surface area contributed by atoms with Gasteiger partial charge in [0.25, 0.3) is 0 Å². The van der Waals surface area contributed by atoms with Gasteiger partial charge in [-0.2, -0.15) is 0 Å². The lowest BCUT2D eigenvalue weighted by atomic mass is 10.1. The van der Waals surface area contributed by atoms with Gasteiger partial charge >= 0.3 is 5.97 Å². The first-order valence-electron chi connectivity index (χ1n) is 12.0. The summed E-state index contributed by atoms with van der Waals surface area (Å²) in [4.78, 5) is 43.8. The summed E-state index contributed by atoms with van der Waals surface area (Å²) in [5.41, 5.74) is 5.42. The molecule has 0 radical (unpaired) electrons. The average molecular weight is 585 g/mol. The second-order valence-electron chi connectivity index (χ2n) is 8.36. The molecular formula is C24H24F4N6O5S. The highest BCUT2D eigenvalue weighted by atomic mass is 32.2. The molecule has 1 aliphatic heterocycles. The lowest BCUT2D eigenvalue weighted by Crippen LogP contribution is -2.48. The molecule has 2 aromatic rings. The third kappa shape index (κ3) is 8.31. The van der Waals surface area contributed by atoms with Gasteiger partial charge in [0, 0.05) is 24.1 Å². The Morgan fingerprint density at radius 2 is 1.93 bits per heavy atom. The van der Waals surface area contributed by atoms with E-state index >= 15 is 0 Å². The predicted molar refractivity (Wildman–Crippen MR) is 134 cm³/mol. The van der Waals surface area contributed by atoms with Gasteiger partial charge < -0.3 is 20.1 Å². The summed E-state index contributed by atoms with van der Waals surface area (Å²) in [7, 11) is 0. The van der Waals surface area contributed by atoms with E-state index in [-0.39, 0.29) is 24.2 Å². The number of esters is 1. The Labute approximate surface area is 229 Å². The molecule has 1 saturated heterocycles. The maximum Gasteiger partial charge on any atom is 0.344 e. The van der Waals surface area contributed by atoms with Crippen LogP contribution in [0.4, 0.5) is 23.2 Å². The Hall–Kier alpha value is -3.88. The van der Waals surface area contributed by atoms with Crippen molar-refractivity contribution in [2.45, 2.75) is 43.7 Å². The molecule has 0 saturated carbocycles. The molecule has 1 aliphatic rings. The van der Waals surface area contributed by atoms with Crippen molar-refractivity contribution in [2.75, 3.05) is 19.0 Å². The summed E-state index contributed by atoms with van der Waals surface area (Å²) in [5.74, 6) is -11.4. The number of rotatable bonds is 12. The highest BCUT2D eigenvalue weighted by Gasteiger charge is 2.30. The fourth-order valence-corrected chi connectivity index (χ4v) is 4.54. The van der Waals surface area contributed by atoms with Crippen molar-refractivity contribution in [1.82, 2.24) is 15.6 Å². The maximum atomic E-state index is 14.3. The summed E-state index contributed by atoms with van der Waals surface area (Å²) in [5, 5.41) is 7.64. The van der Waals surface area contributed by atoms with Crippen molar-refractivity contribution in [2.24, 2.45) is 5.11 Å². The second kappa shape index (κ2) is 15.1. The normalized spacial score (nSPS) is 15.4. The number of hydrogen-bond acceptors (Lipinski definition) is 8. The average Bonchev–Trinajstić information content (AvgIpc) is 2.96. The second-order valence-corrected chi connectivity index (χ2v) is 9.51. The first kappa shape index (κ1) is 30.7. The topological polar surface area (TPSA) is 155 Å². The minimum atomic E-state index is -2.12. The zero-order chi connectivity index (χ0) is 29.1. The number of amides is 2. The number of halogens is 4. The molecule has 214 valence electrons. The molecule has 2 atom stereocenters. The highest BCUT2D eigenvalue weighted by Crippen LogP contribution is 2.31. The number of ether oxygens (including phenoxy) is 2.